The van der Waals surface area contributed by atoms with E-state index in [2.05, 4.69) is 6.58 Å². The molecule has 1 aromatic rings. The minimum absolute atomic E-state index is 0.0224. The average Bonchev–Trinajstić information content (AvgIpc) is 2.30. The van der Waals surface area contributed by atoms with E-state index in [1.54, 1.807) is 6.07 Å². The summed E-state index contributed by atoms with van der Waals surface area (Å²) in [5.41, 5.74) is 0. The Labute approximate surface area is 99.8 Å². The minimum atomic E-state index is -3.92. The number of benzene rings is 1. The quantitative estimate of drug-likeness (QED) is 0.442. The highest BCUT2D eigenvalue weighted by molar-refractivity contribution is 7.91. The van der Waals surface area contributed by atoms with Crippen LogP contribution in [0.4, 0.5) is 0 Å². The van der Waals surface area contributed by atoms with Crippen molar-refractivity contribution in [2.45, 2.75) is 23.1 Å². The Morgan fingerprint density at radius 1 is 1.35 bits per heavy atom. The van der Waals surface area contributed by atoms with Crippen LogP contribution in [0.1, 0.15) is 12.8 Å². The molecular weight excluding hydrogens is 242 g/mol. The molecule has 0 aliphatic carbocycles. The van der Waals surface area contributed by atoms with Crippen molar-refractivity contribution in [3.8, 4) is 0 Å². The van der Waals surface area contributed by atoms with E-state index in [9.17, 15) is 18.5 Å². The van der Waals surface area contributed by atoms with Crippen LogP contribution >= 0.6 is 0 Å². The lowest BCUT2D eigenvalue weighted by Crippen LogP contribution is -2.29. The maximum Gasteiger partial charge on any atom is 0.315 e. The summed E-state index contributed by atoms with van der Waals surface area (Å²) in [6.07, 6.45) is 1.70. The van der Waals surface area contributed by atoms with Crippen LogP contribution in [0.5, 0.6) is 0 Å². The number of nitro groups is 1. The number of allylic oxidation sites excluding steroid dienone is 1. The maximum absolute atomic E-state index is 12.0. The van der Waals surface area contributed by atoms with Gasteiger partial charge in [-0.05, 0) is 18.6 Å². The van der Waals surface area contributed by atoms with Gasteiger partial charge in [0.05, 0.1) is 4.90 Å². The zero-order chi connectivity index (χ0) is 12.9. The first-order valence-corrected chi connectivity index (χ1v) is 6.58. The van der Waals surface area contributed by atoms with E-state index in [0.29, 0.717) is 0 Å². The highest BCUT2D eigenvalue weighted by Crippen LogP contribution is 2.19. The van der Waals surface area contributed by atoms with Gasteiger partial charge in [0.15, 0.2) is 0 Å². The van der Waals surface area contributed by atoms with E-state index in [1.165, 1.54) is 30.3 Å². The van der Waals surface area contributed by atoms with Crippen LogP contribution in [0.15, 0.2) is 47.9 Å². The molecule has 0 aliphatic rings. The Hall–Kier alpha value is -1.69. The molecule has 0 fully saturated rings. The zero-order valence-electron chi connectivity index (χ0n) is 9.15. The molecule has 0 heterocycles. The lowest BCUT2D eigenvalue weighted by atomic mass is 10.3. The molecule has 0 amide bonds. The Morgan fingerprint density at radius 3 is 2.41 bits per heavy atom. The summed E-state index contributed by atoms with van der Waals surface area (Å²) < 4.78 is 24.0. The van der Waals surface area contributed by atoms with Gasteiger partial charge in [0.2, 0.25) is 9.84 Å². The van der Waals surface area contributed by atoms with Crippen LogP contribution in [0.25, 0.3) is 0 Å². The van der Waals surface area contributed by atoms with Crippen molar-refractivity contribution in [1.29, 1.82) is 0 Å². The first-order valence-electron chi connectivity index (χ1n) is 5.03. The average molecular weight is 255 g/mol. The molecule has 92 valence electrons. The topological polar surface area (TPSA) is 77.3 Å². The van der Waals surface area contributed by atoms with E-state index >= 15 is 0 Å². The molecule has 0 N–H and O–H groups in total. The second kappa shape index (κ2) is 5.58. The molecule has 0 saturated carbocycles. The number of nitrogens with zero attached hydrogens (tertiary/aromatic N) is 1. The van der Waals surface area contributed by atoms with Crippen molar-refractivity contribution in [1.82, 2.24) is 0 Å². The fourth-order valence-corrected chi connectivity index (χ4v) is 2.93. The van der Waals surface area contributed by atoms with Crippen molar-refractivity contribution in [2.24, 2.45) is 0 Å². The normalized spacial score (nSPS) is 12.9. The number of hydrogen-bond donors (Lipinski definition) is 0. The van der Waals surface area contributed by atoms with E-state index < -0.39 is 20.1 Å². The van der Waals surface area contributed by atoms with Gasteiger partial charge in [-0.25, -0.2) is 8.42 Å². The standard InChI is InChI=1S/C11H13NO4S/c1-2-3-9-11(12(13)14)17(15,16)10-7-5-4-6-8-10/h2,4-8,11H,1,3,9H2/t11-/m0/s1. The van der Waals surface area contributed by atoms with Gasteiger partial charge >= 0.3 is 5.37 Å². The summed E-state index contributed by atoms with van der Waals surface area (Å²) in [6, 6.07) is 7.46. The van der Waals surface area contributed by atoms with Crippen molar-refractivity contribution in [2.75, 3.05) is 0 Å². The van der Waals surface area contributed by atoms with Gasteiger partial charge in [0.1, 0.15) is 0 Å². The molecule has 1 aromatic carbocycles. The maximum atomic E-state index is 12.0. The van der Waals surface area contributed by atoms with Crippen LogP contribution in [-0.2, 0) is 9.84 Å². The SMILES string of the molecule is C=CCC[C@@H]([N+](=O)[O-])S(=O)(=O)c1ccccc1. The van der Waals surface area contributed by atoms with Crippen LogP contribution in [-0.4, -0.2) is 18.7 Å². The van der Waals surface area contributed by atoms with Gasteiger partial charge in [-0.3, -0.25) is 10.1 Å². The second-order valence-corrected chi connectivity index (χ2v) is 5.57. The van der Waals surface area contributed by atoms with Gasteiger partial charge in [0, 0.05) is 11.3 Å². The summed E-state index contributed by atoms with van der Waals surface area (Å²) in [7, 11) is -3.92. The monoisotopic (exact) mass is 255 g/mol. The number of rotatable bonds is 6. The predicted octanol–water partition coefficient (Wildman–Crippen LogP) is 2.03. The summed E-state index contributed by atoms with van der Waals surface area (Å²) in [6.45, 7) is 3.43. The molecule has 17 heavy (non-hydrogen) atoms. The molecule has 5 nitrogen and oxygen atoms in total. The van der Waals surface area contributed by atoms with Crippen LogP contribution in [0.3, 0.4) is 0 Å². The highest BCUT2D eigenvalue weighted by atomic mass is 32.2. The second-order valence-electron chi connectivity index (χ2n) is 3.46. The van der Waals surface area contributed by atoms with Gasteiger partial charge in [0.25, 0.3) is 0 Å². The molecule has 0 bridgehead atoms. The van der Waals surface area contributed by atoms with Gasteiger partial charge in [-0.1, -0.05) is 24.3 Å². The smallest absolute Gasteiger partial charge is 0.263 e. The van der Waals surface area contributed by atoms with Crippen molar-refractivity contribution in [3.63, 3.8) is 0 Å². The number of hydrogen-bond acceptors (Lipinski definition) is 4. The minimum Gasteiger partial charge on any atom is -0.263 e. The summed E-state index contributed by atoms with van der Waals surface area (Å²) in [5, 5.41) is 9.21. The Kier molecular flexibility index (Phi) is 4.39. The molecule has 0 saturated heterocycles. The molecule has 0 unspecified atom stereocenters. The van der Waals surface area contributed by atoms with Crippen LogP contribution < -0.4 is 0 Å². The first-order chi connectivity index (χ1) is 8.00. The number of sulfone groups is 1. The molecular formula is C11H13NO4S. The molecule has 0 spiro atoms. The fraction of sp³-hybridized carbons (Fsp3) is 0.273. The third kappa shape index (κ3) is 3.13. The third-order valence-electron chi connectivity index (χ3n) is 2.28. The Bertz CT molecular complexity index is 495. The lowest BCUT2D eigenvalue weighted by Gasteiger charge is -2.09. The van der Waals surface area contributed by atoms with Gasteiger partial charge in [-0.2, -0.15) is 0 Å². The summed E-state index contributed by atoms with van der Waals surface area (Å²) in [4.78, 5) is 10.0. The highest BCUT2D eigenvalue weighted by Gasteiger charge is 2.36. The molecule has 0 radical (unpaired) electrons. The van der Waals surface area contributed by atoms with Crippen molar-refractivity contribution >= 4 is 9.84 Å². The van der Waals surface area contributed by atoms with E-state index in [4.69, 9.17) is 0 Å². The van der Waals surface area contributed by atoms with Gasteiger partial charge in [-0.15, -0.1) is 6.58 Å². The zero-order valence-corrected chi connectivity index (χ0v) is 9.97. The largest absolute Gasteiger partial charge is 0.315 e. The van der Waals surface area contributed by atoms with E-state index in [1.807, 2.05) is 0 Å². The van der Waals surface area contributed by atoms with Crippen molar-refractivity contribution in [3.05, 3.63) is 53.1 Å². The first kappa shape index (κ1) is 13.4. The lowest BCUT2D eigenvalue weighted by molar-refractivity contribution is -0.497. The summed E-state index contributed by atoms with van der Waals surface area (Å²) >= 11 is 0. The van der Waals surface area contributed by atoms with Crippen LogP contribution in [0, 0.1) is 10.1 Å². The molecule has 1 atom stereocenters. The van der Waals surface area contributed by atoms with E-state index in [0.717, 1.165) is 0 Å². The molecule has 6 heteroatoms. The summed E-state index contributed by atoms with van der Waals surface area (Å²) in [5.74, 6) is 0. The predicted molar refractivity (Wildman–Crippen MR) is 63.8 cm³/mol. The fourth-order valence-electron chi connectivity index (χ4n) is 1.40. The molecule has 0 aliphatic heterocycles. The van der Waals surface area contributed by atoms with Crippen molar-refractivity contribution < 1.29 is 13.3 Å². The molecule has 0 aromatic heterocycles. The van der Waals surface area contributed by atoms with Crippen LogP contribution in [0.2, 0.25) is 0 Å². The van der Waals surface area contributed by atoms with E-state index in [-0.39, 0.29) is 17.7 Å². The Morgan fingerprint density at radius 2 is 1.94 bits per heavy atom. The molecule has 1 rings (SSSR count). The van der Waals surface area contributed by atoms with Gasteiger partial charge < -0.3 is 0 Å². The Balaban J connectivity index is 3.09. The third-order valence-corrected chi connectivity index (χ3v) is 4.34.